The van der Waals surface area contributed by atoms with E-state index < -0.39 is 17.6 Å². The molecule has 1 aliphatic heterocycles. The first-order valence-corrected chi connectivity index (χ1v) is 11.1. The summed E-state index contributed by atoms with van der Waals surface area (Å²) in [6.07, 6.45) is -1.47. The Bertz CT molecular complexity index is 1100. The Hall–Kier alpha value is -2.39. The number of oxazole rings is 1. The van der Waals surface area contributed by atoms with Crippen LogP contribution < -0.4 is 10.2 Å². The number of carbonyl (C=O) groups excluding carboxylic acids is 1. The number of nitrogens with one attached hydrogen (secondary N) is 1. The van der Waals surface area contributed by atoms with Gasteiger partial charge in [0.1, 0.15) is 5.52 Å². The Morgan fingerprint density at radius 3 is 2.68 bits per heavy atom. The largest absolute Gasteiger partial charge is 0.431 e. The monoisotopic (exact) mass is 469 g/mol. The summed E-state index contributed by atoms with van der Waals surface area (Å²) in [4.78, 5) is 18.8. The number of amides is 1. The van der Waals surface area contributed by atoms with Crippen LogP contribution in [0.25, 0.3) is 11.1 Å². The van der Waals surface area contributed by atoms with Gasteiger partial charge >= 0.3 is 6.18 Å². The molecule has 1 fully saturated rings. The van der Waals surface area contributed by atoms with Crippen LogP contribution in [0, 0.1) is 0 Å². The molecule has 0 atom stereocenters. The molecule has 0 aliphatic carbocycles. The van der Waals surface area contributed by atoms with E-state index in [0.717, 1.165) is 56.2 Å². The van der Waals surface area contributed by atoms with E-state index in [-0.39, 0.29) is 16.7 Å². The van der Waals surface area contributed by atoms with Crippen molar-refractivity contribution in [3.05, 3.63) is 47.0 Å². The van der Waals surface area contributed by atoms with Gasteiger partial charge in [-0.05, 0) is 55.7 Å². The number of alkyl halides is 3. The van der Waals surface area contributed by atoms with Gasteiger partial charge in [0, 0.05) is 18.1 Å². The molecule has 1 aliphatic rings. The molecule has 4 rings (SSSR count). The highest BCUT2D eigenvalue weighted by Gasteiger charge is 2.32. The van der Waals surface area contributed by atoms with E-state index in [2.05, 4.69) is 10.3 Å². The molecule has 5 nitrogen and oxygen atoms in total. The highest BCUT2D eigenvalue weighted by Crippen LogP contribution is 2.36. The first kappa shape index (κ1) is 21.8. The van der Waals surface area contributed by atoms with Crippen molar-refractivity contribution in [2.24, 2.45) is 0 Å². The minimum absolute atomic E-state index is 0.0593. The Labute approximate surface area is 185 Å². The first-order valence-electron chi connectivity index (χ1n) is 9.74. The maximum absolute atomic E-state index is 13.2. The average Bonchev–Trinajstić information content (AvgIpc) is 3.14. The van der Waals surface area contributed by atoms with Gasteiger partial charge in [-0.2, -0.15) is 13.2 Å². The number of thioether (sulfide) groups is 1. The molecule has 0 spiro atoms. The standard InChI is InChI=1S/C21H19ClF3N3O2S/c22-14-5-7-18-16(11-14)27-20(30-18)31-12-19(29)26-15-10-13(21(23,24)25)4-6-17(15)28-8-2-1-3-9-28/h4-7,10-11H,1-3,8-9,12H2,(H,26,29). The molecule has 1 aromatic heterocycles. The molecule has 10 heteroatoms. The van der Waals surface area contributed by atoms with Gasteiger partial charge in [0.15, 0.2) is 5.58 Å². The second kappa shape index (κ2) is 9.00. The van der Waals surface area contributed by atoms with Crippen LogP contribution in [-0.2, 0) is 11.0 Å². The summed E-state index contributed by atoms with van der Waals surface area (Å²) in [6, 6.07) is 8.49. The Kier molecular flexibility index (Phi) is 6.34. The number of rotatable bonds is 5. The Morgan fingerprint density at radius 1 is 1.16 bits per heavy atom. The summed E-state index contributed by atoms with van der Waals surface area (Å²) < 4.78 is 45.2. The van der Waals surface area contributed by atoms with Gasteiger partial charge in [0.25, 0.3) is 5.22 Å². The zero-order chi connectivity index (χ0) is 22.0. The summed E-state index contributed by atoms with van der Waals surface area (Å²) >= 11 is 6.99. The van der Waals surface area contributed by atoms with Crippen LogP contribution in [0.15, 0.2) is 46.0 Å². The molecule has 0 bridgehead atoms. The van der Waals surface area contributed by atoms with E-state index in [1.165, 1.54) is 6.07 Å². The Morgan fingerprint density at radius 2 is 1.94 bits per heavy atom. The van der Waals surface area contributed by atoms with E-state index in [1.54, 1.807) is 18.2 Å². The number of piperidine rings is 1. The number of nitrogens with zero attached hydrogens (tertiary/aromatic N) is 2. The topological polar surface area (TPSA) is 58.4 Å². The molecule has 0 unspecified atom stereocenters. The van der Waals surface area contributed by atoms with E-state index >= 15 is 0 Å². The van der Waals surface area contributed by atoms with Crippen LogP contribution in [0.2, 0.25) is 5.02 Å². The molecule has 0 radical (unpaired) electrons. The lowest BCUT2D eigenvalue weighted by atomic mass is 10.1. The molecule has 1 saturated heterocycles. The minimum Gasteiger partial charge on any atom is -0.431 e. The fourth-order valence-corrected chi connectivity index (χ4v) is 4.28. The summed E-state index contributed by atoms with van der Waals surface area (Å²) in [7, 11) is 0. The minimum atomic E-state index is -4.49. The van der Waals surface area contributed by atoms with Crippen molar-refractivity contribution < 1.29 is 22.4 Å². The number of hydrogen-bond donors (Lipinski definition) is 1. The van der Waals surface area contributed by atoms with Crippen molar-refractivity contribution in [3.63, 3.8) is 0 Å². The normalized spacial score (nSPS) is 14.8. The van der Waals surface area contributed by atoms with Crippen LogP contribution in [0.4, 0.5) is 24.5 Å². The van der Waals surface area contributed by atoms with E-state index in [9.17, 15) is 18.0 Å². The Balaban J connectivity index is 1.49. The van der Waals surface area contributed by atoms with Gasteiger partial charge in [0.2, 0.25) is 5.91 Å². The zero-order valence-corrected chi connectivity index (χ0v) is 17.9. The maximum Gasteiger partial charge on any atom is 0.416 e. The predicted octanol–water partition coefficient (Wildman–Crippen LogP) is 6.22. The van der Waals surface area contributed by atoms with Gasteiger partial charge < -0.3 is 14.6 Å². The number of carbonyl (C=O) groups is 1. The van der Waals surface area contributed by atoms with Crippen molar-refractivity contribution in [1.29, 1.82) is 0 Å². The van der Waals surface area contributed by atoms with Crippen LogP contribution in [0.1, 0.15) is 24.8 Å². The number of fused-ring (bicyclic) bond motifs is 1. The highest BCUT2D eigenvalue weighted by molar-refractivity contribution is 7.99. The van der Waals surface area contributed by atoms with E-state index in [4.69, 9.17) is 16.0 Å². The molecule has 2 aromatic carbocycles. The van der Waals surface area contributed by atoms with Gasteiger partial charge in [-0.15, -0.1) is 0 Å². The number of anilines is 2. The molecule has 1 N–H and O–H groups in total. The van der Waals surface area contributed by atoms with Gasteiger partial charge in [-0.1, -0.05) is 23.4 Å². The van der Waals surface area contributed by atoms with E-state index in [1.807, 2.05) is 4.90 Å². The second-order valence-electron chi connectivity index (χ2n) is 7.21. The van der Waals surface area contributed by atoms with Crippen molar-refractivity contribution in [2.75, 3.05) is 29.1 Å². The lowest BCUT2D eigenvalue weighted by Gasteiger charge is -2.31. The molecular formula is C21H19ClF3N3O2S. The van der Waals surface area contributed by atoms with Crippen molar-refractivity contribution >= 4 is 51.7 Å². The van der Waals surface area contributed by atoms with Crippen molar-refractivity contribution in [3.8, 4) is 0 Å². The van der Waals surface area contributed by atoms with Gasteiger partial charge in [0.05, 0.1) is 22.7 Å². The lowest BCUT2D eigenvalue weighted by Crippen LogP contribution is -2.30. The van der Waals surface area contributed by atoms with Gasteiger partial charge in [-0.25, -0.2) is 4.98 Å². The SMILES string of the molecule is O=C(CSc1nc2cc(Cl)ccc2o1)Nc1cc(C(F)(F)F)ccc1N1CCCCC1. The maximum atomic E-state index is 13.2. The zero-order valence-electron chi connectivity index (χ0n) is 16.3. The number of halogens is 4. The third kappa shape index (κ3) is 5.27. The summed E-state index contributed by atoms with van der Waals surface area (Å²) in [5.41, 5.74) is 1.07. The number of benzene rings is 2. The molecule has 2 heterocycles. The van der Waals surface area contributed by atoms with Crippen molar-refractivity contribution in [2.45, 2.75) is 30.7 Å². The number of aromatic nitrogens is 1. The van der Waals surface area contributed by atoms with E-state index in [0.29, 0.717) is 21.8 Å². The van der Waals surface area contributed by atoms with Gasteiger partial charge in [-0.3, -0.25) is 4.79 Å². The third-order valence-electron chi connectivity index (χ3n) is 4.95. The molecule has 3 aromatic rings. The second-order valence-corrected chi connectivity index (χ2v) is 8.57. The highest BCUT2D eigenvalue weighted by atomic mass is 35.5. The molecular weight excluding hydrogens is 451 g/mol. The molecule has 164 valence electrons. The lowest BCUT2D eigenvalue weighted by molar-refractivity contribution is -0.137. The predicted molar refractivity (Wildman–Crippen MR) is 116 cm³/mol. The van der Waals surface area contributed by atoms with Crippen LogP contribution in [0.5, 0.6) is 0 Å². The van der Waals surface area contributed by atoms with Crippen LogP contribution in [0.3, 0.4) is 0 Å². The fraction of sp³-hybridized carbons (Fsp3) is 0.333. The average molecular weight is 470 g/mol. The summed E-state index contributed by atoms with van der Waals surface area (Å²) in [5, 5.41) is 3.44. The summed E-state index contributed by atoms with van der Waals surface area (Å²) in [5.74, 6) is -0.501. The number of hydrogen-bond acceptors (Lipinski definition) is 5. The van der Waals surface area contributed by atoms with Crippen LogP contribution >= 0.6 is 23.4 Å². The smallest absolute Gasteiger partial charge is 0.416 e. The van der Waals surface area contributed by atoms with Crippen LogP contribution in [-0.4, -0.2) is 29.7 Å². The molecule has 31 heavy (non-hydrogen) atoms. The third-order valence-corrected chi connectivity index (χ3v) is 6.01. The fourth-order valence-electron chi connectivity index (χ4n) is 3.48. The quantitative estimate of drug-likeness (QED) is 0.449. The first-order chi connectivity index (χ1) is 14.8. The van der Waals surface area contributed by atoms with Crippen molar-refractivity contribution in [1.82, 2.24) is 4.98 Å². The molecule has 1 amide bonds. The summed E-state index contributed by atoms with van der Waals surface area (Å²) in [6.45, 7) is 1.49. The molecule has 0 saturated carbocycles.